The van der Waals surface area contributed by atoms with Crippen molar-refractivity contribution in [2.24, 2.45) is 0 Å². The minimum Gasteiger partial charge on any atom is -0.467 e. The summed E-state index contributed by atoms with van der Waals surface area (Å²) in [6.07, 6.45) is -0.426. The number of imidazole rings is 1. The van der Waals surface area contributed by atoms with Gasteiger partial charge in [-0.05, 0) is 24.3 Å². The Bertz CT molecular complexity index is 957. The second kappa shape index (κ2) is 6.21. The van der Waals surface area contributed by atoms with Crippen LogP contribution in [0.5, 0.6) is 0 Å². The third-order valence-electron chi connectivity index (χ3n) is 3.67. The number of nitrogens with zero attached hydrogens (tertiary/aromatic N) is 4. The van der Waals surface area contributed by atoms with Gasteiger partial charge in [-0.1, -0.05) is 0 Å². The van der Waals surface area contributed by atoms with E-state index in [1.54, 1.807) is 29.2 Å². The maximum atomic E-state index is 13.2. The zero-order valence-corrected chi connectivity index (χ0v) is 13.2. The number of anilines is 1. The minimum absolute atomic E-state index is 0.0626. The molecule has 0 fully saturated rings. The molecule has 26 heavy (non-hydrogen) atoms. The number of halogens is 3. The second-order valence-corrected chi connectivity index (χ2v) is 5.48. The zero-order chi connectivity index (χ0) is 18.1. The highest BCUT2D eigenvalue weighted by Crippen LogP contribution is 2.31. The molecule has 134 valence electrons. The van der Waals surface area contributed by atoms with Gasteiger partial charge in [-0.2, -0.15) is 13.2 Å². The van der Waals surface area contributed by atoms with Gasteiger partial charge in [0.15, 0.2) is 11.5 Å². The molecule has 0 aliphatic heterocycles. The molecule has 0 saturated heterocycles. The molecule has 0 aliphatic carbocycles. The van der Waals surface area contributed by atoms with Crippen LogP contribution in [0.1, 0.15) is 17.3 Å². The molecular weight excluding hydrogens is 351 g/mol. The van der Waals surface area contributed by atoms with Crippen LogP contribution in [0.4, 0.5) is 19.0 Å². The third kappa shape index (κ3) is 3.13. The molecule has 0 bridgehead atoms. The number of aromatic nitrogens is 4. The molecule has 0 atom stereocenters. The van der Waals surface area contributed by atoms with Crippen LogP contribution in [-0.4, -0.2) is 19.9 Å². The number of hydrogen-bond acceptors (Lipinski definition) is 6. The Morgan fingerprint density at radius 1 is 1.00 bits per heavy atom. The molecule has 1 N–H and O–H groups in total. The summed E-state index contributed by atoms with van der Waals surface area (Å²) in [5, 5.41) is 0. The van der Waals surface area contributed by atoms with E-state index in [0.717, 1.165) is 0 Å². The molecule has 4 heterocycles. The number of rotatable bonds is 5. The number of hydrogen-bond donors (Lipinski definition) is 1. The number of nitrogens with one attached hydrogen (secondary N) is 1. The van der Waals surface area contributed by atoms with E-state index >= 15 is 0 Å². The van der Waals surface area contributed by atoms with Crippen LogP contribution in [0.15, 0.2) is 52.0 Å². The number of fused-ring (bicyclic) bond motifs is 1. The number of aromatic amines is 1. The summed E-state index contributed by atoms with van der Waals surface area (Å²) >= 11 is 0. The normalized spacial score (nSPS) is 12.0. The van der Waals surface area contributed by atoms with Crippen molar-refractivity contribution in [3.8, 4) is 0 Å². The molecule has 0 amide bonds. The monoisotopic (exact) mass is 363 g/mol. The van der Waals surface area contributed by atoms with Crippen molar-refractivity contribution in [1.82, 2.24) is 19.9 Å². The molecule has 7 nitrogen and oxygen atoms in total. The van der Waals surface area contributed by atoms with E-state index in [9.17, 15) is 13.2 Å². The molecular formula is C16H12F3N5O2. The van der Waals surface area contributed by atoms with Gasteiger partial charge in [0.05, 0.1) is 31.9 Å². The molecule has 0 radical (unpaired) electrons. The fourth-order valence-electron chi connectivity index (χ4n) is 2.56. The van der Waals surface area contributed by atoms with Gasteiger partial charge in [-0.3, -0.25) is 0 Å². The fourth-order valence-corrected chi connectivity index (χ4v) is 2.56. The highest BCUT2D eigenvalue weighted by Gasteiger charge is 2.36. The fraction of sp³-hybridized carbons (Fsp3) is 0.188. The van der Waals surface area contributed by atoms with Crippen molar-refractivity contribution in [2.75, 3.05) is 4.90 Å². The van der Waals surface area contributed by atoms with E-state index in [0.29, 0.717) is 17.0 Å². The number of H-pyrrole nitrogens is 1. The first-order chi connectivity index (χ1) is 12.5. The zero-order valence-electron chi connectivity index (χ0n) is 13.2. The highest BCUT2D eigenvalue weighted by molar-refractivity contribution is 5.83. The van der Waals surface area contributed by atoms with E-state index in [1.165, 1.54) is 18.9 Å². The number of alkyl halides is 3. The van der Waals surface area contributed by atoms with Gasteiger partial charge in [0, 0.05) is 0 Å². The first-order valence-corrected chi connectivity index (χ1v) is 7.59. The van der Waals surface area contributed by atoms with E-state index in [1.807, 2.05) is 0 Å². The van der Waals surface area contributed by atoms with Gasteiger partial charge in [0.2, 0.25) is 5.82 Å². The Labute approximate surface area is 144 Å². The van der Waals surface area contributed by atoms with Crippen LogP contribution < -0.4 is 4.90 Å². The quantitative estimate of drug-likeness (QED) is 0.581. The Hall–Kier alpha value is -3.30. The minimum atomic E-state index is -4.69. The van der Waals surface area contributed by atoms with Crippen molar-refractivity contribution in [1.29, 1.82) is 0 Å². The van der Waals surface area contributed by atoms with Crippen LogP contribution in [0.25, 0.3) is 11.2 Å². The maximum absolute atomic E-state index is 13.2. The van der Waals surface area contributed by atoms with Crippen molar-refractivity contribution in [3.63, 3.8) is 0 Å². The standard InChI is InChI=1S/C16H12F3N5O2/c17-16(18,19)15-22-13-12(20-9-21-13)14(23-15)24(7-10-3-1-5-25-10)8-11-4-2-6-26-11/h1-6,9H,7-8H2,(H,20,21,22,23). The molecule has 0 saturated carbocycles. The molecule has 4 aromatic heterocycles. The first-order valence-electron chi connectivity index (χ1n) is 7.59. The van der Waals surface area contributed by atoms with E-state index in [2.05, 4.69) is 19.9 Å². The van der Waals surface area contributed by atoms with Crippen LogP contribution in [0.3, 0.4) is 0 Å². The summed E-state index contributed by atoms with van der Waals surface area (Å²) in [5.41, 5.74) is 0.238. The van der Waals surface area contributed by atoms with Crippen LogP contribution >= 0.6 is 0 Å². The van der Waals surface area contributed by atoms with Crippen LogP contribution in [0, 0.1) is 0 Å². The molecule has 0 aromatic carbocycles. The Kier molecular flexibility index (Phi) is 3.86. The van der Waals surface area contributed by atoms with Gasteiger partial charge in [-0.25, -0.2) is 15.0 Å². The lowest BCUT2D eigenvalue weighted by atomic mass is 10.3. The molecule has 10 heteroatoms. The topological polar surface area (TPSA) is 84.0 Å². The van der Waals surface area contributed by atoms with Crippen molar-refractivity contribution >= 4 is 17.0 Å². The van der Waals surface area contributed by atoms with Gasteiger partial charge >= 0.3 is 6.18 Å². The summed E-state index contributed by atoms with van der Waals surface area (Å²) in [7, 11) is 0. The SMILES string of the molecule is FC(F)(F)c1nc(N(Cc2ccco2)Cc2ccco2)c2[nH]cnc2n1. The Morgan fingerprint density at radius 2 is 1.65 bits per heavy atom. The summed E-state index contributed by atoms with van der Waals surface area (Å²) < 4.78 is 50.3. The second-order valence-electron chi connectivity index (χ2n) is 5.48. The molecule has 0 aliphatic rings. The number of furan rings is 2. The summed E-state index contributed by atoms with van der Waals surface area (Å²) in [6, 6.07) is 6.86. The predicted octanol–water partition coefficient (Wildman–Crippen LogP) is 3.76. The summed E-state index contributed by atoms with van der Waals surface area (Å²) in [6.45, 7) is 0.381. The highest BCUT2D eigenvalue weighted by atomic mass is 19.4. The lowest BCUT2D eigenvalue weighted by Crippen LogP contribution is -2.25. The van der Waals surface area contributed by atoms with Gasteiger partial charge in [-0.15, -0.1) is 0 Å². The maximum Gasteiger partial charge on any atom is 0.451 e. The lowest BCUT2D eigenvalue weighted by molar-refractivity contribution is -0.144. The van der Waals surface area contributed by atoms with Gasteiger partial charge < -0.3 is 18.7 Å². The van der Waals surface area contributed by atoms with Crippen LogP contribution in [0.2, 0.25) is 0 Å². The van der Waals surface area contributed by atoms with Crippen molar-refractivity contribution in [2.45, 2.75) is 19.3 Å². The van der Waals surface area contributed by atoms with Gasteiger partial charge in [0.25, 0.3) is 0 Å². The average Bonchev–Trinajstić information content (AvgIpc) is 3.35. The van der Waals surface area contributed by atoms with Crippen molar-refractivity contribution < 1.29 is 22.0 Å². The van der Waals surface area contributed by atoms with Crippen molar-refractivity contribution in [3.05, 3.63) is 60.5 Å². The van der Waals surface area contributed by atoms with Crippen LogP contribution in [-0.2, 0) is 19.3 Å². The molecule has 4 aromatic rings. The molecule has 0 unspecified atom stereocenters. The van der Waals surface area contributed by atoms with E-state index in [-0.39, 0.29) is 24.6 Å². The molecule has 4 rings (SSSR count). The Balaban J connectivity index is 1.82. The first kappa shape index (κ1) is 16.2. The largest absolute Gasteiger partial charge is 0.467 e. The average molecular weight is 363 g/mol. The van der Waals surface area contributed by atoms with E-state index in [4.69, 9.17) is 8.83 Å². The predicted molar refractivity (Wildman–Crippen MR) is 84.0 cm³/mol. The lowest BCUT2D eigenvalue weighted by Gasteiger charge is -2.22. The smallest absolute Gasteiger partial charge is 0.451 e. The Morgan fingerprint density at radius 3 is 2.19 bits per heavy atom. The third-order valence-corrected chi connectivity index (χ3v) is 3.67. The summed E-state index contributed by atoms with van der Waals surface area (Å²) in [5.74, 6) is -0.0589. The summed E-state index contributed by atoms with van der Waals surface area (Å²) in [4.78, 5) is 15.5. The molecule has 0 spiro atoms. The van der Waals surface area contributed by atoms with E-state index < -0.39 is 12.0 Å². The van der Waals surface area contributed by atoms with Gasteiger partial charge in [0.1, 0.15) is 17.0 Å².